The Balaban J connectivity index is 1.94. The van der Waals surface area contributed by atoms with Crippen LogP contribution < -0.4 is 10.0 Å². The Morgan fingerprint density at radius 3 is 2.50 bits per heavy atom. The van der Waals surface area contributed by atoms with E-state index in [2.05, 4.69) is 43.5 Å². The number of nitrogens with zero attached hydrogens (tertiary/aromatic N) is 1. The van der Waals surface area contributed by atoms with Gasteiger partial charge in [-0.1, -0.05) is 29.8 Å². The zero-order chi connectivity index (χ0) is 19.3. The number of thiazole rings is 1. The second-order valence-electron chi connectivity index (χ2n) is 6.23. The molecule has 1 amide bonds. The predicted molar refractivity (Wildman–Crippen MR) is 103 cm³/mol. The Morgan fingerprint density at radius 2 is 1.88 bits per heavy atom. The van der Waals surface area contributed by atoms with E-state index < -0.39 is 22.8 Å². The number of nitrogens with one attached hydrogen (secondary N) is 2. The lowest BCUT2D eigenvalue weighted by Gasteiger charge is -2.09. The van der Waals surface area contributed by atoms with Crippen LogP contribution in [0.5, 0.6) is 0 Å². The highest BCUT2D eigenvalue weighted by atomic mass is 32.2. The number of hydrogen-bond donors (Lipinski definition) is 2. The van der Waals surface area contributed by atoms with Gasteiger partial charge < -0.3 is 0 Å². The van der Waals surface area contributed by atoms with Gasteiger partial charge in [0.1, 0.15) is 6.61 Å². The zero-order valence-electron chi connectivity index (χ0n) is 15.2. The third-order valence-corrected chi connectivity index (χ3v) is 5.61. The molecule has 0 unspecified atom stereocenters. The van der Waals surface area contributed by atoms with Crippen LogP contribution in [-0.2, 0) is 25.7 Å². The van der Waals surface area contributed by atoms with Gasteiger partial charge in [-0.3, -0.25) is 10.1 Å². The average molecular weight is 398 g/mol. The summed E-state index contributed by atoms with van der Waals surface area (Å²) in [6.07, 6.45) is 0.725. The number of benzene rings is 1. The van der Waals surface area contributed by atoms with Crippen molar-refractivity contribution in [2.45, 2.75) is 40.2 Å². The van der Waals surface area contributed by atoms with Crippen LogP contribution in [0.4, 0.5) is 5.13 Å². The van der Waals surface area contributed by atoms with E-state index in [1.54, 1.807) is 13.8 Å². The van der Waals surface area contributed by atoms with E-state index in [0.29, 0.717) is 5.13 Å². The fourth-order valence-electron chi connectivity index (χ4n) is 2.15. The second-order valence-corrected chi connectivity index (χ2v) is 8.69. The highest BCUT2D eigenvalue weighted by Gasteiger charge is 2.16. The monoisotopic (exact) mass is 397 g/mol. The molecule has 2 rings (SSSR count). The van der Waals surface area contributed by atoms with Crippen LogP contribution in [0, 0.1) is 13.8 Å². The summed E-state index contributed by atoms with van der Waals surface area (Å²) in [4.78, 5) is 17.3. The second kappa shape index (κ2) is 8.72. The minimum atomic E-state index is -3.94. The molecule has 0 spiro atoms. The van der Waals surface area contributed by atoms with Crippen molar-refractivity contribution in [1.82, 2.24) is 9.71 Å². The zero-order valence-corrected chi connectivity index (χ0v) is 16.8. The maximum absolute atomic E-state index is 11.9. The van der Waals surface area contributed by atoms with E-state index in [1.807, 2.05) is 13.8 Å². The topological polar surface area (TPSA) is 97.4 Å². The molecule has 0 fully saturated rings. The van der Waals surface area contributed by atoms with Gasteiger partial charge in [0, 0.05) is 17.3 Å². The van der Waals surface area contributed by atoms with Gasteiger partial charge in [-0.25, -0.2) is 9.17 Å². The highest BCUT2D eigenvalue weighted by Crippen LogP contribution is 2.25. The van der Waals surface area contributed by atoms with E-state index in [9.17, 15) is 13.2 Å². The van der Waals surface area contributed by atoms with Gasteiger partial charge in [0.05, 0.1) is 5.69 Å². The molecule has 0 aliphatic rings. The third kappa shape index (κ3) is 6.49. The summed E-state index contributed by atoms with van der Waals surface area (Å²) in [5, 5.41) is 3.00. The SMILES string of the molecule is Cc1ccc(Cc2sc(NC(=O)COS(=O)(=O)NC(C)C)nc2C)cc1. The van der Waals surface area contributed by atoms with Crippen LogP contribution in [0.15, 0.2) is 24.3 Å². The smallest absolute Gasteiger partial charge is 0.300 e. The summed E-state index contributed by atoms with van der Waals surface area (Å²) in [7, 11) is -3.94. The number of rotatable bonds is 8. The van der Waals surface area contributed by atoms with Crippen LogP contribution in [-0.4, -0.2) is 32.0 Å². The number of aryl methyl sites for hydroxylation is 2. The van der Waals surface area contributed by atoms with Crippen molar-refractivity contribution in [3.05, 3.63) is 46.0 Å². The lowest BCUT2D eigenvalue weighted by Crippen LogP contribution is -2.34. The minimum absolute atomic E-state index is 0.311. The maximum Gasteiger partial charge on any atom is 0.336 e. The molecule has 7 nitrogen and oxygen atoms in total. The number of amides is 1. The van der Waals surface area contributed by atoms with E-state index in [4.69, 9.17) is 0 Å². The summed E-state index contributed by atoms with van der Waals surface area (Å²) in [6, 6.07) is 7.92. The first-order valence-electron chi connectivity index (χ1n) is 8.13. The molecule has 1 aromatic heterocycles. The standard InChI is InChI=1S/C17H23N3O4S2/c1-11(2)20-26(22,23)24-10-16(21)19-17-18-13(4)15(25-17)9-14-7-5-12(3)6-8-14/h5-8,11,20H,9-10H2,1-4H3,(H,18,19,21). The highest BCUT2D eigenvalue weighted by molar-refractivity contribution is 7.84. The van der Waals surface area contributed by atoms with Gasteiger partial charge in [0.25, 0.3) is 5.91 Å². The summed E-state index contributed by atoms with van der Waals surface area (Å²) in [5.41, 5.74) is 3.19. The minimum Gasteiger partial charge on any atom is -0.300 e. The molecule has 0 aliphatic carbocycles. The average Bonchev–Trinajstić information content (AvgIpc) is 2.86. The molecule has 2 aromatic rings. The summed E-state index contributed by atoms with van der Waals surface area (Å²) >= 11 is 1.37. The van der Waals surface area contributed by atoms with Gasteiger partial charge in [-0.15, -0.1) is 11.3 Å². The van der Waals surface area contributed by atoms with Crippen LogP contribution in [0.3, 0.4) is 0 Å². The van der Waals surface area contributed by atoms with E-state index in [1.165, 1.54) is 16.9 Å². The van der Waals surface area contributed by atoms with E-state index >= 15 is 0 Å². The molecule has 0 bridgehead atoms. The maximum atomic E-state index is 11.9. The van der Waals surface area contributed by atoms with E-state index in [0.717, 1.165) is 22.6 Å². The quantitative estimate of drug-likeness (QED) is 0.713. The van der Waals surface area contributed by atoms with Crippen molar-refractivity contribution in [2.75, 3.05) is 11.9 Å². The van der Waals surface area contributed by atoms with Gasteiger partial charge >= 0.3 is 10.3 Å². The van der Waals surface area contributed by atoms with Crippen molar-refractivity contribution in [3.8, 4) is 0 Å². The molecule has 0 aliphatic heterocycles. The Labute approximate surface area is 158 Å². The molecule has 1 heterocycles. The molecule has 9 heteroatoms. The molecule has 142 valence electrons. The number of anilines is 1. The molecule has 0 saturated heterocycles. The number of aromatic nitrogens is 1. The molecule has 0 atom stereocenters. The Bertz CT molecular complexity index is 859. The molecule has 0 saturated carbocycles. The van der Waals surface area contributed by atoms with Crippen LogP contribution in [0.25, 0.3) is 0 Å². The van der Waals surface area contributed by atoms with Crippen molar-refractivity contribution >= 4 is 32.7 Å². The van der Waals surface area contributed by atoms with Crippen molar-refractivity contribution in [3.63, 3.8) is 0 Å². The fraction of sp³-hybridized carbons (Fsp3) is 0.412. The predicted octanol–water partition coefficient (Wildman–Crippen LogP) is 2.55. The van der Waals surface area contributed by atoms with Gasteiger partial charge in [-0.05, 0) is 33.3 Å². The third-order valence-electron chi connectivity index (χ3n) is 3.35. The Morgan fingerprint density at radius 1 is 1.23 bits per heavy atom. The fourth-order valence-corrected chi connectivity index (χ4v) is 4.07. The number of carbonyl (C=O) groups is 1. The molecular weight excluding hydrogens is 374 g/mol. The first-order chi connectivity index (χ1) is 12.1. The van der Waals surface area contributed by atoms with Gasteiger partial charge in [-0.2, -0.15) is 13.1 Å². The summed E-state index contributed by atoms with van der Waals surface area (Å²) in [6.45, 7) is 6.63. The Hall–Kier alpha value is -1.81. The molecular formula is C17H23N3O4S2. The van der Waals surface area contributed by atoms with Gasteiger partial charge in [0.15, 0.2) is 5.13 Å². The first kappa shape index (κ1) is 20.5. The first-order valence-corrected chi connectivity index (χ1v) is 10.4. The summed E-state index contributed by atoms with van der Waals surface area (Å²) in [5.74, 6) is -0.574. The summed E-state index contributed by atoms with van der Waals surface area (Å²) < 4.78 is 30.0. The largest absolute Gasteiger partial charge is 0.336 e. The molecule has 2 N–H and O–H groups in total. The van der Waals surface area contributed by atoms with Crippen molar-refractivity contribution < 1.29 is 17.4 Å². The van der Waals surface area contributed by atoms with E-state index in [-0.39, 0.29) is 6.04 Å². The van der Waals surface area contributed by atoms with Crippen LogP contribution in [0.2, 0.25) is 0 Å². The van der Waals surface area contributed by atoms with Crippen LogP contribution >= 0.6 is 11.3 Å². The molecule has 1 aromatic carbocycles. The number of carbonyl (C=O) groups excluding carboxylic acids is 1. The molecule has 26 heavy (non-hydrogen) atoms. The number of hydrogen-bond acceptors (Lipinski definition) is 6. The van der Waals surface area contributed by atoms with Crippen molar-refractivity contribution in [2.24, 2.45) is 0 Å². The lowest BCUT2D eigenvalue weighted by atomic mass is 10.1. The lowest BCUT2D eigenvalue weighted by molar-refractivity contribution is -0.118. The van der Waals surface area contributed by atoms with Crippen molar-refractivity contribution in [1.29, 1.82) is 0 Å². The molecule has 0 radical (unpaired) electrons. The normalized spacial score (nSPS) is 11.7. The Kier molecular flexibility index (Phi) is 6.87. The van der Waals surface area contributed by atoms with Gasteiger partial charge in [0.2, 0.25) is 0 Å². The van der Waals surface area contributed by atoms with Crippen LogP contribution in [0.1, 0.15) is 35.5 Å².